The molecule has 1 N–H and O–H groups in total. The maximum atomic E-state index is 13.3. The van der Waals surface area contributed by atoms with Crippen molar-refractivity contribution < 1.29 is 9.59 Å². The van der Waals surface area contributed by atoms with Crippen LogP contribution in [-0.2, 0) is 4.79 Å². The van der Waals surface area contributed by atoms with E-state index in [0.717, 1.165) is 53.7 Å². The van der Waals surface area contributed by atoms with Crippen LogP contribution < -0.4 is 5.32 Å². The first-order valence-corrected chi connectivity index (χ1v) is 16.7. The minimum atomic E-state index is -0.126. The molecule has 0 aliphatic carbocycles. The number of hydrogen-bond donors (Lipinski definition) is 1. The van der Waals surface area contributed by atoms with Crippen LogP contribution in [0.4, 0.5) is 0 Å². The van der Waals surface area contributed by atoms with Gasteiger partial charge in [0.1, 0.15) is 0 Å². The number of benzene rings is 4. The van der Waals surface area contributed by atoms with Crippen molar-refractivity contribution in [3.63, 3.8) is 0 Å². The van der Waals surface area contributed by atoms with E-state index in [1.54, 1.807) is 17.4 Å². The van der Waals surface area contributed by atoms with Crippen molar-refractivity contribution in [1.82, 2.24) is 5.32 Å². The number of rotatable bonds is 8. The SMILES string of the molecule is O=C1C=C/C(=C(/c2ccccc2)c2ccc(C(=C=C=C(c3ccccc3)c3ccc(C(=O)c4ccccc4)s3)c3ccccc3)s2)N1. The van der Waals surface area contributed by atoms with Crippen molar-refractivity contribution in [2.45, 2.75) is 0 Å². The van der Waals surface area contributed by atoms with Gasteiger partial charge in [0, 0.05) is 43.0 Å². The molecule has 0 spiro atoms. The van der Waals surface area contributed by atoms with E-state index in [-0.39, 0.29) is 11.7 Å². The van der Waals surface area contributed by atoms with E-state index >= 15 is 0 Å². The lowest BCUT2D eigenvalue weighted by atomic mass is 10.0. The largest absolute Gasteiger partial charge is 0.322 e. The molecule has 0 radical (unpaired) electrons. The zero-order chi connectivity index (χ0) is 32.0. The molecule has 0 fully saturated rings. The molecule has 1 aliphatic rings. The van der Waals surface area contributed by atoms with Gasteiger partial charge >= 0.3 is 0 Å². The fraction of sp³-hybridized carbons (Fsp3) is 0. The van der Waals surface area contributed by atoms with E-state index < -0.39 is 0 Å². The molecule has 0 saturated heterocycles. The number of ketones is 1. The van der Waals surface area contributed by atoms with E-state index in [1.165, 1.54) is 11.3 Å². The van der Waals surface area contributed by atoms with Gasteiger partial charge in [0.15, 0.2) is 0 Å². The Morgan fingerprint density at radius 3 is 1.38 bits per heavy atom. The molecule has 1 aliphatic heterocycles. The summed E-state index contributed by atoms with van der Waals surface area (Å²) in [6.45, 7) is 0. The third kappa shape index (κ3) is 6.61. The first kappa shape index (κ1) is 29.9. The van der Waals surface area contributed by atoms with Crippen molar-refractivity contribution in [3.05, 3.63) is 217 Å². The van der Waals surface area contributed by atoms with Crippen LogP contribution >= 0.6 is 22.7 Å². The van der Waals surface area contributed by atoms with Gasteiger partial charge in [-0.15, -0.1) is 22.7 Å². The van der Waals surface area contributed by atoms with Crippen molar-refractivity contribution >= 4 is 51.1 Å². The second kappa shape index (κ2) is 13.7. The number of amides is 1. The van der Waals surface area contributed by atoms with Gasteiger partial charge in [0.2, 0.25) is 11.7 Å². The van der Waals surface area contributed by atoms with Crippen LogP contribution in [0.25, 0.3) is 16.7 Å². The predicted octanol–water partition coefficient (Wildman–Crippen LogP) is 9.80. The van der Waals surface area contributed by atoms with Gasteiger partial charge in [-0.2, -0.15) is 0 Å². The minimum absolute atomic E-state index is 0.00140. The van der Waals surface area contributed by atoms with Gasteiger partial charge in [0.25, 0.3) is 0 Å². The average Bonchev–Trinajstić information content (AvgIpc) is 3.91. The summed E-state index contributed by atoms with van der Waals surface area (Å²) in [4.78, 5) is 29.0. The summed E-state index contributed by atoms with van der Waals surface area (Å²) >= 11 is 3.10. The summed E-state index contributed by atoms with van der Waals surface area (Å²) in [6, 6.07) is 47.8. The monoisotopic (exact) mass is 641 g/mol. The van der Waals surface area contributed by atoms with Gasteiger partial charge in [0.05, 0.1) is 10.6 Å². The fourth-order valence-electron chi connectivity index (χ4n) is 5.38. The Kier molecular flexibility index (Phi) is 8.70. The van der Waals surface area contributed by atoms with E-state index in [1.807, 2.05) is 103 Å². The highest BCUT2D eigenvalue weighted by atomic mass is 32.1. The van der Waals surface area contributed by atoms with Crippen LogP contribution in [0.2, 0.25) is 0 Å². The molecule has 0 saturated carbocycles. The summed E-state index contributed by atoms with van der Waals surface area (Å²) in [5.74, 6) is -0.125. The van der Waals surface area contributed by atoms with Crippen LogP contribution in [-0.4, -0.2) is 11.7 Å². The fourth-order valence-corrected chi connectivity index (χ4v) is 7.48. The summed E-state index contributed by atoms with van der Waals surface area (Å²) in [7, 11) is 0. The van der Waals surface area contributed by atoms with Crippen molar-refractivity contribution in [1.29, 1.82) is 0 Å². The van der Waals surface area contributed by atoms with Crippen LogP contribution in [0, 0.1) is 0 Å². The molecule has 4 aromatic carbocycles. The molecule has 0 bridgehead atoms. The maximum Gasteiger partial charge on any atom is 0.248 e. The lowest BCUT2D eigenvalue weighted by Gasteiger charge is -2.10. The normalized spacial score (nSPS) is 13.0. The van der Waals surface area contributed by atoms with Gasteiger partial charge in [-0.3, -0.25) is 9.59 Å². The molecule has 47 heavy (non-hydrogen) atoms. The number of carbonyl (C=O) groups excluding carboxylic acids is 2. The maximum absolute atomic E-state index is 13.3. The van der Waals surface area contributed by atoms with Crippen LogP contribution in [0.15, 0.2) is 175 Å². The molecule has 5 heteroatoms. The quantitative estimate of drug-likeness (QED) is 0.133. The molecule has 6 aromatic rings. The molecule has 2 aromatic heterocycles. The molecule has 0 atom stereocenters. The molecule has 224 valence electrons. The van der Waals surface area contributed by atoms with Crippen molar-refractivity contribution in [2.75, 3.05) is 0 Å². The van der Waals surface area contributed by atoms with E-state index in [0.29, 0.717) is 10.4 Å². The Morgan fingerprint density at radius 1 is 0.468 bits per heavy atom. The highest BCUT2D eigenvalue weighted by Crippen LogP contribution is 2.37. The third-order valence-corrected chi connectivity index (χ3v) is 9.86. The molecule has 3 nitrogen and oxygen atoms in total. The van der Waals surface area contributed by atoms with Crippen LogP contribution in [0.5, 0.6) is 0 Å². The summed E-state index contributed by atoms with van der Waals surface area (Å²) < 4.78 is 0. The van der Waals surface area contributed by atoms with Gasteiger partial charge in [-0.1, -0.05) is 133 Å². The summed E-state index contributed by atoms with van der Waals surface area (Å²) in [5, 5.41) is 2.99. The van der Waals surface area contributed by atoms with E-state index in [4.69, 9.17) is 0 Å². The first-order valence-electron chi connectivity index (χ1n) is 15.1. The number of allylic oxidation sites excluding steroid dienone is 1. The lowest BCUT2D eigenvalue weighted by molar-refractivity contribution is -0.115. The van der Waals surface area contributed by atoms with Crippen LogP contribution in [0.3, 0.4) is 0 Å². The van der Waals surface area contributed by atoms with Crippen molar-refractivity contribution in [3.8, 4) is 0 Å². The Morgan fingerprint density at radius 2 is 0.894 bits per heavy atom. The molecular formula is C42H27NO2S2. The minimum Gasteiger partial charge on any atom is -0.322 e. The molecule has 1 amide bonds. The van der Waals surface area contributed by atoms with Gasteiger partial charge in [-0.05, 0) is 47.0 Å². The second-order valence-electron chi connectivity index (χ2n) is 10.7. The smallest absolute Gasteiger partial charge is 0.248 e. The highest BCUT2D eigenvalue weighted by Gasteiger charge is 2.19. The molecular weight excluding hydrogens is 615 g/mol. The number of hydrogen-bond acceptors (Lipinski definition) is 4. The van der Waals surface area contributed by atoms with Gasteiger partial charge < -0.3 is 5.32 Å². The standard InChI is InChI=1S/C42H27NO2S2/c44-40-28-23-35(43-40)41(31-17-9-3-10-18-31)38-26-24-36(46-38)33(29-13-5-1-6-14-29)21-22-34(30-15-7-2-8-16-30)37-25-27-39(47-37)42(45)32-19-11-4-12-20-32/h1-20,23-28H,(H,43,44)/b34-33?,41-35+. The third-order valence-electron chi connectivity index (χ3n) is 7.64. The van der Waals surface area contributed by atoms with Crippen LogP contribution in [0.1, 0.15) is 46.6 Å². The predicted molar refractivity (Wildman–Crippen MR) is 193 cm³/mol. The van der Waals surface area contributed by atoms with E-state index in [2.05, 4.69) is 65.3 Å². The number of carbonyl (C=O) groups is 2. The second-order valence-corrected chi connectivity index (χ2v) is 12.9. The first-order chi connectivity index (χ1) is 23.1. The average molecular weight is 642 g/mol. The summed E-state index contributed by atoms with van der Waals surface area (Å²) in [5.41, 5.74) is 14.3. The van der Waals surface area contributed by atoms with E-state index in [9.17, 15) is 9.59 Å². The molecule has 0 unspecified atom stereocenters. The molecule has 3 heterocycles. The number of thiophene rings is 2. The Hall–Kier alpha value is -5.80. The Balaban J connectivity index is 1.39. The topological polar surface area (TPSA) is 46.2 Å². The Labute approximate surface area is 281 Å². The zero-order valence-corrected chi connectivity index (χ0v) is 26.8. The Bertz CT molecular complexity index is 2240. The van der Waals surface area contributed by atoms with Gasteiger partial charge in [-0.25, -0.2) is 0 Å². The zero-order valence-electron chi connectivity index (χ0n) is 25.1. The lowest BCUT2D eigenvalue weighted by Crippen LogP contribution is -2.14. The molecule has 7 rings (SSSR count). The number of nitrogens with one attached hydrogen (secondary N) is 1. The summed E-state index contributed by atoms with van der Waals surface area (Å²) in [6.07, 6.45) is 3.40. The highest BCUT2D eigenvalue weighted by molar-refractivity contribution is 7.15. The van der Waals surface area contributed by atoms with Crippen molar-refractivity contribution in [2.24, 2.45) is 0 Å².